The quantitative estimate of drug-likeness (QED) is 0.295. The zero-order valence-corrected chi connectivity index (χ0v) is 14.4. The van der Waals surface area contributed by atoms with Crippen LogP contribution in [0, 0.1) is 0 Å². The Morgan fingerprint density at radius 1 is 0.462 bits per heavy atom. The molecule has 5 aromatic rings. The molecule has 5 rings (SSSR count). The molecular weight excluding hydrogens is 312 g/mol. The molecule has 26 heavy (non-hydrogen) atoms. The van der Waals surface area contributed by atoms with Crippen molar-refractivity contribution in [3.8, 4) is 11.1 Å². The molecule has 5 aromatic carbocycles. The lowest BCUT2D eigenvalue weighted by Gasteiger charge is -2.08. The number of fused-ring (bicyclic) bond motifs is 3. The smallest absolute Gasteiger partial charge is 0.0171 e. The Morgan fingerprint density at radius 2 is 1.04 bits per heavy atom. The van der Waals surface area contributed by atoms with Gasteiger partial charge in [0.15, 0.2) is 0 Å². The first-order valence-electron chi connectivity index (χ1n) is 8.89. The van der Waals surface area contributed by atoms with E-state index in [9.17, 15) is 0 Å². The molecule has 122 valence electrons. The van der Waals surface area contributed by atoms with Gasteiger partial charge in [0.1, 0.15) is 0 Å². The maximum Gasteiger partial charge on any atom is -0.0171 e. The van der Waals surface area contributed by atoms with Crippen molar-refractivity contribution in [2.75, 3.05) is 0 Å². The zero-order chi connectivity index (χ0) is 17.5. The lowest BCUT2D eigenvalue weighted by Crippen LogP contribution is -1.82. The SMILES string of the molecule is C=Cc1ccc2cc3cc4cc(-c5ccccc5)ccc4cc3cc2c1. The molecule has 0 aromatic heterocycles. The van der Waals surface area contributed by atoms with Gasteiger partial charge in [0.25, 0.3) is 0 Å². The molecule has 0 unspecified atom stereocenters. The summed E-state index contributed by atoms with van der Waals surface area (Å²) in [6, 6.07) is 32.9. The van der Waals surface area contributed by atoms with Gasteiger partial charge in [-0.3, -0.25) is 0 Å². The molecule has 0 heterocycles. The van der Waals surface area contributed by atoms with Crippen LogP contribution in [-0.2, 0) is 0 Å². The van der Waals surface area contributed by atoms with E-state index in [0.29, 0.717) is 0 Å². The highest BCUT2D eigenvalue weighted by atomic mass is 14.1. The highest BCUT2D eigenvalue weighted by Crippen LogP contribution is 2.30. The molecule has 0 bridgehead atoms. The predicted octanol–water partition coefficient (Wildman–Crippen LogP) is 7.46. The number of rotatable bonds is 2. The fraction of sp³-hybridized carbons (Fsp3) is 0. The van der Waals surface area contributed by atoms with Crippen LogP contribution in [0.2, 0.25) is 0 Å². The minimum Gasteiger partial charge on any atom is -0.0985 e. The maximum absolute atomic E-state index is 3.87. The van der Waals surface area contributed by atoms with Gasteiger partial charge in [-0.15, -0.1) is 0 Å². The molecule has 0 saturated heterocycles. The summed E-state index contributed by atoms with van der Waals surface area (Å²) in [4.78, 5) is 0. The number of hydrogen-bond donors (Lipinski definition) is 0. The highest BCUT2D eigenvalue weighted by molar-refractivity contribution is 6.05. The Balaban J connectivity index is 1.74. The largest absolute Gasteiger partial charge is 0.0985 e. The van der Waals surface area contributed by atoms with Crippen molar-refractivity contribution in [2.45, 2.75) is 0 Å². The van der Waals surface area contributed by atoms with Crippen molar-refractivity contribution in [3.63, 3.8) is 0 Å². The van der Waals surface area contributed by atoms with E-state index in [1.54, 1.807) is 0 Å². The standard InChI is InChI=1S/C26H18/c1-2-18-8-9-21-14-26-17-24-13-20(19-6-4-3-5-7-19)10-11-22(24)15-25(26)16-23(21)12-18/h2-17H,1H2. The van der Waals surface area contributed by atoms with Gasteiger partial charge >= 0.3 is 0 Å². The second-order valence-electron chi connectivity index (χ2n) is 6.79. The summed E-state index contributed by atoms with van der Waals surface area (Å²) in [5.74, 6) is 0. The Kier molecular flexibility index (Phi) is 3.36. The summed E-state index contributed by atoms with van der Waals surface area (Å²) in [6.07, 6.45) is 1.90. The summed E-state index contributed by atoms with van der Waals surface area (Å²) in [5.41, 5.74) is 3.67. The lowest BCUT2D eigenvalue weighted by atomic mass is 9.96. The van der Waals surface area contributed by atoms with E-state index >= 15 is 0 Å². The van der Waals surface area contributed by atoms with Gasteiger partial charge in [0.2, 0.25) is 0 Å². The first-order valence-corrected chi connectivity index (χ1v) is 8.89. The van der Waals surface area contributed by atoms with E-state index < -0.39 is 0 Å². The van der Waals surface area contributed by atoms with Crippen LogP contribution in [0.3, 0.4) is 0 Å². The summed E-state index contributed by atoms with van der Waals surface area (Å²) >= 11 is 0. The molecule has 0 nitrogen and oxygen atoms in total. The van der Waals surface area contributed by atoms with Crippen molar-refractivity contribution in [2.24, 2.45) is 0 Å². The van der Waals surface area contributed by atoms with Crippen molar-refractivity contribution >= 4 is 38.4 Å². The first-order chi connectivity index (χ1) is 12.8. The second-order valence-corrected chi connectivity index (χ2v) is 6.79. The maximum atomic E-state index is 3.87. The molecule has 0 amide bonds. The molecule has 0 radical (unpaired) electrons. The monoisotopic (exact) mass is 330 g/mol. The minimum absolute atomic E-state index is 1.16. The van der Waals surface area contributed by atoms with Gasteiger partial charge in [-0.25, -0.2) is 0 Å². The topological polar surface area (TPSA) is 0 Å². The number of benzene rings is 5. The Morgan fingerprint density at radius 3 is 1.73 bits per heavy atom. The van der Waals surface area contributed by atoms with Gasteiger partial charge in [0, 0.05) is 0 Å². The molecule has 0 atom stereocenters. The summed E-state index contributed by atoms with van der Waals surface area (Å²) in [5, 5.41) is 7.63. The summed E-state index contributed by atoms with van der Waals surface area (Å²) in [7, 11) is 0. The first kappa shape index (κ1) is 14.9. The molecule has 0 saturated carbocycles. The van der Waals surface area contributed by atoms with E-state index in [4.69, 9.17) is 0 Å². The normalized spacial score (nSPS) is 11.2. The molecule has 0 spiro atoms. The molecule has 0 fully saturated rings. The van der Waals surface area contributed by atoms with Crippen LogP contribution >= 0.6 is 0 Å². The predicted molar refractivity (Wildman–Crippen MR) is 114 cm³/mol. The van der Waals surface area contributed by atoms with Gasteiger partial charge in [-0.05, 0) is 85.4 Å². The van der Waals surface area contributed by atoms with E-state index in [-0.39, 0.29) is 0 Å². The van der Waals surface area contributed by atoms with Crippen molar-refractivity contribution in [3.05, 3.63) is 103 Å². The van der Waals surface area contributed by atoms with Crippen molar-refractivity contribution < 1.29 is 0 Å². The van der Waals surface area contributed by atoms with Crippen LogP contribution in [0.15, 0.2) is 97.6 Å². The Labute approximate surface area is 153 Å². The third kappa shape index (κ3) is 2.48. The van der Waals surface area contributed by atoms with Crippen LogP contribution in [0.4, 0.5) is 0 Å². The van der Waals surface area contributed by atoms with Gasteiger partial charge < -0.3 is 0 Å². The number of hydrogen-bond acceptors (Lipinski definition) is 0. The third-order valence-electron chi connectivity index (χ3n) is 5.12. The molecule has 0 N–H and O–H groups in total. The Bertz CT molecular complexity index is 1280. The summed E-state index contributed by atoms with van der Waals surface area (Å²) in [6.45, 7) is 3.87. The average Bonchev–Trinajstić information content (AvgIpc) is 2.70. The van der Waals surface area contributed by atoms with E-state index in [1.165, 1.54) is 43.4 Å². The van der Waals surface area contributed by atoms with Crippen LogP contribution in [0.1, 0.15) is 5.56 Å². The third-order valence-corrected chi connectivity index (χ3v) is 5.12. The lowest BCUT2D eigenvalue weighted by molar-refractivity contribution is 1.65. The van der Waals surface area contributed by atoms with E-state index in [0.717, 1.165) is 5.56 Å². The van der Waals surface area contributed by atoms with Crippen LogP contribution in [0.5, 0.6) is 0 Å². The van der Waals surface area contributed by atoms with Crippen molar-refractivity contribution in [1.82, 2.24) is 0 Å². The minimum atomic E-state index is 1.16. The second kappa shape index (κ2) is 5.86. The molecular formula is C26H18. The van der Waals surface area contributed by atoms with Crippen LogP contribution < -0.4 is 0 Å². The summed E-state index contributed by atoms with van der Waals surface area (Å²) < 4.78 is 0. The van der Waals surface area contributed by atoms with E-state index in [2.05, 4.69) is 97.6 Å². The fourth-order valence-electron chi connectivity index (χ4n) is 3.70. The van der Waals surface area contributed by atoms with Crippen LogP contribution in [0.25, 0.3) is 49.5 Å². The highest BCUT2D eigenvalue weighted by Gasteiger charge is 2.04. The van der Waals surface area contributed by atoms with Crippen LogP contribution in [-0.4, -0.2) is 0 Å². The molecule has 0 aliphatic rings. The molecule has 0 heteroatoms. The molecule has 0 aliphatic carbocycles. The van der Waals surface area contributed by atoms with Gasteiger partial charge in [0.05, 0.1) is 0 Å². The van der Waals surface area contributed by atoms with Gasteiger partial charge in [-0.1, -0.05) is 67.3 Å². The Hall–Kier alpha value is -3.38. The zero-order valence-electron chi connectivity index (χ0n) is 14.4. The fourth-order valence-corrected chi connectivity index (χ4v) is 3.70. The van der Waals surface area contributed by atoms with E-state index in [1.807, 2.05) is 6.08 Å². The average molecular weight is 330 g/mol. The van der Waals surface area contributed by atoms with Crippen molar-refractivity contribution in [1.29, 1.82) is 0 Å². The molecule has 0 aliphatic heterocycles. The van der Waals surface area contributed by atoms with Gasteiger partial charge in [-0.2, -0.15) is 0 Å².